The molecule has 3 aromatic rings. The lowest BCUT2D eigenvalue weighted by Gasteiger charge is -2.30. The molecule has 29 heavy (non-hydrogen) atoms. The fourth-order valence-electron chi connectivity index (χ4n) is 3.86. The van der Waals surface area contributed by atoms with Gasteiger partial charge in [0.05, 0.1) is 11.8 Å². The first-order valence-electron chi connectivity index (χ1n) is 9.95. The summed E-state index contributed by atoms with van der Waals surface area (Å²) in [5.74, 6) is -0.604. The molecular formula is C23H24FNO4. The Balaban J connectivity index is 1.91. The molecule has 152 valence electrons. The maximum Gasteiger partial charge on any atom is 0.340 e. The van der Waals surface area contributed by atoms with Crippen LogP contribution in [0.2, 0.25) is 0 Å². The van der Waals surface area contributed by atoms with Gasteiger partial charge in [0.2, 0.25) is 0 Å². The lowest BCUT2D eigenvalue weighted by atomic mass is 10.0. The second-order valence-corrected chi connectivity index (χ2v) is 7.65. The number of fused-ring (bicyclic) bond motifs is 1. The van der Waals surface area contributed by atoms with Crippen molar-refractivity contribution in [2.75, 3.05) is 18.0 Å². The Morgan fingerprint density at radius 3 is 2.45 bits per heavy atom. The molecule has 0 atom stereocenters. The van der Waals surface area contributed by atoms with Gasteiger partial charge in [0.25, 0.3) is 0 Å². The van der Waals surface area contributed by atoms with Crippen molar-refractivity contribution in [3.8, 4) is 17.1 Å². The molecule has 1 saturated heterocycles. The Hall–Kier alpha value is -3.02. The number of piperidine rings is 1. The normalized spacial score (nSPS) is 14.6. The molecule has 0 aliphatic carbocycles. The zero-order valence-corrected chi connectivity index (χ0v) is 16.6. The summed E-state index contributed by atoms with van der Waals surface area (Å²) in [7, 11) is 0. The first-order chi connectivity index (χ1) is 13.9. The summed E-state index contributed by atoms with van der Waals surface area (Å²) in [5.41, 5.74) is 1.98. The average Bonchev–Trinajstić information content (AvgIpc) is 3.06. The molecule has 1 aromatic heterocycles. The van der Waals surface area contributed by atoms with Crippen LogP contribution in [0.1, 0.15) is 43.5 Å². The first kappa shape index (κ1) is 19.3. The lowest BCUT2D eigenvalue weighted by molar-refractivity contribution is 0.0699. The SMILES string of the molecule is CC(C)Oc1cc2c(C(=O)O)c(-c3ccc(F)cc3)oc2cc1N1CCCCC1. The van der Waals surface area contributed by atoms with E-state index >= 15 is 0 Å². The fraction of sp³-hybridized carbons (Fsp3) is 0.348. The summed E-state index contributed by atoms with van der Waals surface area (Å²) in [6.07, 6.45) is 3.38. The molecule has 5 nitrogen and oxygen atoms in total. The summed E-state index contributed by atoms with van der Waals surface area (Å²) >= 11 is 0. The van der Waals surface area contributed by atoms with Crippen LogP contribution in [0.15, 0.2) is 40.8 Å². The summed E-state index contributed by atoms with van der Waals surface area (Å²) < 4.78 is 25.4. The summed E-state index contributed by atoms with van der Waals surface area (Å²) in [6, 6.07) is 9.27. The number of carboxylic acid groups (broad SMARTS) is 1. The van der Waals surface area contributed by atoms with Gasteiger partial charge in [-0.25, -0.2) is 9.18 Å². The number of halogens is 1. The minimum absolute atomic E-state index is 0.0484. The second-order valence-electron chi connectivity index (χ2n) is 7.65. The maximum absolute atomic E-state index is 13.3. The van der Waals surface area contributed by atoms with Crippen molar-refractivity contribution in [1.82, 2.24) is 0 Å². The number of nitrogens with zero attached hydrogens (tertiary/aromatic N) is 1. The topological polar surface area (TPSA) is 62.9 Å². The van der Waals surface area contributed by atoms with Gasteiger partial charge in [-0.1, -0.05) is 0 Å². The van der Waals surface area contributed by atoms with Gasteiger partial charge in [-0.3, -0.25) is 0 Å². The smallest absolute Gasteiger partial charge is 0.340 e. The Labute approximate surface area is 168 Å². The molecule has 1 fully saturated rings. The van der Waals surface area contributed by atoms with Gasteiger partial charge >= 0.3 is 5.97 Å². The van der Waals surface area contributed by atoms with E-state index in [2.05, 4.69) is 4.90 Å². The number of carbonyl (C=O) groups is 1. The van der Waals surface area contributed by atoms with E-state index in [9.17, 15) is 14.3 Å². The van der Waals surface area contributed by atoms with Crippen LogP contribution in [-0.4, -0.2) is 30.3 Å². The molecule has 2 heterocycles. The number of aromatic carboxylic acids is 1. The predicted octanol–water partition coefficient (Wildman–Crippen LogP) is 5.71. The summed E-state index contributed by atoms with van der Waals surface area (Å²) in [4.78, 5) is 14.3. The number of anilines is 1. The second kappa shape index (κ2) is 7.78. The van der Waals surface area contributed by atoms with Crippen molar-refractivity contribution in [1.29, 1.82) is 0 Å². The highest BCUT2D eigenvalue weighted by Crippen LogP contribution is 2.41. The van der Waals surface area contributed by atoms with Crippen LogP contribution in [0.4, 0.5) is 10.1 Å². The van der Waals surface area contributed by atoms with E-state index in [0.717, 1.165) is 31.6 Å². The van der Waals surface area contributed by atoms with E-state index in [1.54, 1.807) is 6.07 Å². The van der Waals surface area contributed by atoms with Crippen LogP contribution in [-0.2, 0) is 0 Å². The van der Waals surface area contributed by atoms with Crippen LogP contribution >= 0.6 is 0 Å². The molecule has 6 heteroatoms. The molecular weight excluding hydrogens is 373 g/mol. The minimum Gasteiger partial charge on any atom is -0.489 e. The van der Waals surface area contributed by atoms with Crippen molar-refractivity contribution < 1.29 is 23.4 Å². The summed E-state index contributed by atoms with van der Waals surface area (Å²) in [5, 5.41) is 10.4. The number of carboxylic acids is 1. The summed E-state index contributed by atoms with van der Waals surface area (Å²) in [6.45, 7) is 5.75. The number of rotatable bonds is 5. The van der Waals surface area contributed by atoms with Crippen molar-refractivity contribution >= 4 is 22.6 Å². The van der Waals surface area contributed by atoms with Gasteiger partial charge < -0.3 is 19.2 Å². The van der Waals surface area contributed by atoms with E-state index < -0.39 is 5.97 Å². The third kappa shape index (κ3) is 3.79. The van der Waals surface area contributed by atoms with Crippen molar-refractivity contribution in [3.63, 3.8) is 0 Å². The molecule has 0 spiro atoms. The van der Waals surface area contributed by atoms with Gasteiger partial charge in [-0.05, 0) is 63.4 Å². The van der Waals surface area contributed by atoms with Crippen molar-refractivity contribution in [2.24, 2.45) is 0 Å². The fourth-order valence-corrected chi connectivity index (χ4v) is 3.86. The lowest BCUT2D eigenvalue weighted by Crippen LogP contribution is -2.30. The number of hydrogen-bond acceptors (Lipinski definition) is 4. The molecule has 0 amide bonds. The van der Waals surface area contributed by atoms with Crippen molar-refractivity contribution in [2.45, 2.75) is 39.2 Å². The van der Waals surface area contributed by atoms with Crippen LogP contribution in [0, 0.1) is 5.82 Å². The quantitative estimate of drug-likeness (QED) is 0.597. The van der Waals surface area contributed by atoms with E-state index in [0.29, 0.717) is 22.3 Å². The van der Waals surface area contributed by atoms with Crippen molar-refractivity contribution in [3.05, 3.63) is 47.8 Å². The zero-order valence-electron chi connectivity index (χ0n) is 16.6. The highest BCUT2D eigenvalue weighted by molar-refractivity contribution is 6.09. The van der Waals surface area contributed by atoms with E-state index in [-0.39, 0.29) is 23.2 Å². The highest BCUT2D eigenvalue weighted by Gasteiger charge is 2.25. The van der Waals surface area contributed by atoms with Crippen LogP contribution < -0.4 is 9.64 Å². The van der Waals surface area contributed by atoms with Gasteiger partial charge in [0.15, 0.2) is 0 Å². The average molecular weight is 397 g/mol. The zero-order chi connectivity index (χ0) is 20.5. The number of benzene rings is 2. The Morgan fingerprint density at radius 1 is 1.14 bits per heavy atom. The highest BCUT2D eigenvalue weighted by atomic mass is 19.1. The molecule has 0 unspecified atom stereocenters. The first-order valence-corrected chi connectivity index (χ1v) is 9.95. The molecule has 0 bridgehead atoms. The van der Waals surface area contributed by atoms with E-state index in [1.807, 2.05) is 19.9 Å². The van der Waals surface area contributed by atoms with Gasteiger partial charge in [0.1, 0.15) is 28.5 Å². The Morgan fingerprint density at radius 2 is 1.83 bits per heavy atom. The molecule has 1 aliphatic rings. The third-order valence-corrected chi connectivity index (χ3v) is 5.15. The van der Waals surface area contributed by atoms with E-state index in [4.69, 9.17) is 9.15 Å². The molecule has 0 saturated carbocycles. The Bertz CT molecular complexity index is 1030. The van der Waals surface area contributed by atoms with Crippen LogP contribution in [0.25, 0.3) is 22.3 Å². The third-order valence-electron chi connectivity index (χ3n) is 5.15. The van der Waals surface area contributed by atoms with Crippen LogP contribution in [0.3, 0.4) is 0 Å². The molecule has 2 aromatic carbocycles. The van der Waals surface area contributed by atoms with Crippen LogP contribution in [0.5, 0.6) is 5.75 Å². The van der Waals surface area contributed by atoms with Gasteiger partial charge in [-0.15, -0.1) is 0 Å². The molecule has 4 rings (SSSR count). The number of ether oxygens (including phenoxy) is 1. The monoisotopic (exact) mass is 397 g/mol. The Kier molecular flexibility index (Phi) is 5.18. The predicted molar refractivity (Wildman–Crippen MR) is 110 cm³/mol. The molecule has 1 N–H and O–H groups in total. The maximum atomic E-state index is 13.3. The number of furan rings is 1. The van der Waals surface area contributed by atoms with Gasteiger partial charge in [-0.2, -0.15) is 0 Å². The number of hydrogen-bond donors (Lipinski definition) is 1. The van der Waals surface area contributed by atoms with E-state index in [1.165, 1.54) is 30.7 Å². The minimum atomic E-state index is -1.09. The standard InChI is InChI=1S/C23H24FNO4/c1-14(2)28-20-12-17-19(13-18(20)25-10-4-3-5-11-25)29-22(21(17)23(26)27)15-6-8-16(24)9-7-15/h6-9,12-14H,3-5,10-11H2,1-2H3,(H,26,27). The molecule has 1 aliphatic heterocycles. The largest absolute Gasteiger partial charge is 0.489 e. The molecule has 0 radical (unpaired) electrons. The van der Waals surface area contributed by atoms with Gasteiger partial charge in [0, 0.05) is 30.1 Å².